The summed E-state index contributed by atoms with van der Waals surface area (Å²) in [4.78, 5) is 13.1. The van der Waals surface area contributed by atoms with Gasteiger partial charge in [-0.3, -0.25) is 4.79 Å². The molecule has 3 heteroatoms. The van der Waals surface area contributed by atoms with Crippen molar-refractivity contribution in [2.45, 2.75) is 38.1 Å². The lowest BCUT2D eigenvalue weighted by molar-refractivity contribution is -0.117. The molecule has 0 spiro atoms. The van der Waals surface area contributed by atoms with Crippen LogP contribution in [0.3, 0.4) is 0 Å². The lowest BCUT2D eigenvalue weighted by Crippen LogP contribution is -2.39. The van der Waals surface area contributed by atoms with Gasteiger partial charge in [0.1, 0.15) is 0 Å². The largest absolute Gasteiger partial charge is 0.349 e. The highest BCUT2D eigenvalue weighted by atomic mass is 32.1. The molecule has 1 aliphatic rings. The van der Waals surface area contributed by atoms with Crippen molar-refractivity contribution < 1.29 is 4.79 Å². The molecule has 22 heavy (non-hydrogen) atoms. The second-order valence-corrected chi connectivity index (χ2v) is 6.71. The van der Waals surface area contributed by atoms with Crippen molar-refractivity contribution in [2.24, 2.45) is 0 Å². The molecule has 0 fully saturated rings. The van der Waals surface area contributed by atoms with Crippen LogP contribution in [0.5, 0.6) is 0 Å². The molecule has 1 aromatic heterocycles. The van der Waals surface area contributed by atoms with Crippen LogP contribution in [0.2, 0.25) is 0 Å². The minimum absolute atomic E-state index is 0.0776. The Kier molecular flexibility index (Phi) is 4.44. The van der Waals surface area contributed by atoms with Gasteiger partial charge in [-0.25, -0.2) is 0 Å². The van der Waals surface area contributed by atoms with Crippen LogP contribution in [0.15, 0.2) is 48.4 Å². The first kappa shape index (κ1) is 15.0. The maximum absolute atomic E-state index is 11.7. The van der Waals surface area contributed by atoms with Crippen molar-refractivity contribution >= 4 is 17.2 Å². The van der Waals surface area contributed by atoms with E-state index in [1.165, 1.54) is 27.6 Å². The lowest BCUT2D eigenvalue weighted by Gasteiger charge is -2.31. The Morgan fingerprint density at radius 1 is 1.41 bits per heavy atom. The number of carbonyl (C=O) groups is 1. The lowest BCUT2D eigenvalue weighted by atomic mass is 9.80. The summed E-state index contributed by atoms with van der Waals surface area (Å²) in [5, 5.41) is 5.25. The van der Waals surface area contributed by atoms with Crippen molar-refractivity contribution in [3.63, 3.8) is 0 Å². The molecular formula is C19H21NOS. The second kappa shape index (κ2) is 6.49. The zero-order chi connectivity index (χ0) is 15.5. The smallest absolute Gasteiger partial charge is 0.243 e. The first-order chi connectivity index (χ1) is 10.7. The summed E-state index contributed by atoms with van der Waals surface area (Å²) >= 11 is 1.84. The summed E-state index contributed by atoms with van der Waals surface area (Å²) in [6.45, 7) is 5.76. The Morgan fingerprint density at radius 3 is 3.00 bits per heavy atom. The predicted octanol–water partition coefficient (Wildman–Crippen LogP) is 4.06. The van der Waals surface area contributed by atoms with Crippen LogP contribution in [-0.4, -0.2) is 11.9 Å². The molecule has 0 saturated heterocycles. The topological polar surface area (TPSA) is 29.1 Å². The van der Waals surface area contributed by atoms with Crippen LogP contribution in [0.25, 0.3) is 0 Å². The average Bonchev–Trinajstić information content (AvgIpc) is 3.02. The van der Waals surface area contributed by atoms with E-state index in [1.54, 1.807) is 0 Å². The minimum Gasteiger partial charge on any atom is -0.349 e. The van der Waals surface area contributed by atoms with Gasteiger partial charge in [-0.05, 0) is 53.5 Å². The molecule has 2 atom stereocenters. The molecule has 0 unspecified atom stereocenters. The fraction of sp³-hybridized carbons (Fsp3) is 0.316. The average molecular weight is 311 g/mol. The van der Waals surface area contributed by atoms with Crippen molar-refractivity contribution in [3.8, 4) is 0 Å². The quantitative estimate of drug-likeness (QED) is 0.848. The standard InChI is InChI=1S/C19H21NOS/c1-3-13-7-5-6-8-16(13)17-12-15(20-18(21)4-2)11-14-9-10-22-19(14)17/h4-10,15,17H,2-3,11-12H2,1H3,(H,20,21)/t15-,17-/m1/s1. The molecule has 0 saturated carbocycles. The summed E-state index contributed by atoms with van der Waals surface area (Å²) in [5.41, 5.74) is 4.19. The van der Waals surface area contributed by atoms with Crippen LogP contribution in [0.4, 0.5) is 0 Å². The third kappa shape index (κ3) is 2.86. The number of rotatable bonds is 4. The summed E-state index contributed by atoms with van der Waals surface area (Å²) in [6, 6.07) is 11.1. The van der Waals surface area contributed by atoms with Gasteiger partial charge in [0.2, 0.25) is 5.91 Å². The molecule has 0 aliphatic heterocycles. The monoisotopic (exact) mass is 311 g/mol. The molecule has 2 nitrogen and oxygen atoms in total. The van der Waals surface area contributed by atoms with Gasteiger partial charge in [0.15, 0.2) is 0 Å². The first-order valence-electron chi connectivity index (χ1n) is 7.80. The van der Waals surface area contributed by atoms with E-state index in [2.05, 4.69) is 54.5 Å². The van der Waals surface area contributed by atoms with Gasteiger partial charge < -0.3 is 5.32 Å². The first-order valence-corrected chi connectivity index (χ1v) is 8.67. The van der Waals surface area contributed by atoms with Gasteiger partial charge >= 0.3 is 0 Å². The van der Waals surface area contributed by atoms with E-state index in [-0.39, 0.29) is 11.9 Å². The Labute approximate surface area is 135 Å². The molecule has 3 rings (SSSR count). The zero-order valence-corrected chi connectivity index (χ0v) is 13.7. The number of aryl methyl sites for hydroxylation is 1. The van der Waals surface area contributed by atoms with Gasteiger partial charge in [-0.15, -0.1) is 11.3 Å². The summed E-state index contributed by atoms with van der Waals surface area (Å²) in [6.07, 6.45) is 4.28. The Hall–Kier alpha value is -1.87. The highest BCUT2D eigenvalue weighted by molar-refractivity contribution is 7.10. The summed E-state index contributed by atoms with van der Waals surface area (Å²) < 4.78 is 0. The number of hydrogen-bond donors (Lipinski definition) is 1. The summed E-state index contributed by atoms with van der Waals surface area (Å²) in [5.74, 6) is 0.307. The molecule has 1 heterocycles. The molecule has 114 valence electrons. The number of nitrogens with one attached hydrogen (secondary N) is 1. The fourth-order valence-electron chi connectivity index (χ4n) is 3.40. The third-order valence-corrected chi connectivity index (χ3v) is 5.50. The van der Waals surface area contributed by atoms with Crippen LogP contribution in [0, 0.1) is 0 Å². The van der Waals surface area contributed by atoms with E-state index in [0.717, 1.165) is 19.3 Å². The number of amides is 1. The van der Waals surface area contributed by atoms with E-state index in [1.807, 2.05) is 11.3 Å². The van der Waals surface area contributed by atoms with Crippen LogP contribution >= 0.6 is 11.3 Å². The van der Waals surface area contributed by atoms with Crippen molar-refractivity contribution in [3.05, 3.63) is 69.9 Å². The summed E-state index contributed by atoms with van der Waals surface area (Å²) in [7, 11) is 0. The molecule has 1 aliphatic carbocycles. The van der Waals surface area contributed by atoms with E-state index >= 15 is 0 Å². The molecule has 1 amide bonds. The highest BCUT2D eigenvalue weighted by Crippen LogP contribution is 2.41. The van der Waals surface area contributed by atoms with E-state index < -0.39 is 0 Å². The number of benzene rings is 1. The Morgan fingerprint density at radius 2 is 2.23 bits per heavy atom. The van der Waals surface area contributed by atoms with Crippen molar-refractivity contribution in [1.82, 2.24) is 5.32 Å². The number of thiophene rings is 1. The zero-order valence-electron chi connectivity index (χ0n) is 12.8. The predicted molar refractivity (Wildman–Crippen MR) is 92.4 cm³/mol. The normalized spacial score (nSPS) is 20.2. The highest BCUT2D eigenvalue weighted by Gasteiger charge is 2.30. The van der Waals surface area contributed by atoms with E-state index in [9.17, 15) is 4.79 Å². The van der Waals surface area contributed by atoms with Gasteiger partial charge in [0.05, 0.1) is 0 Å². The van der Waals surface area contributed by atoms with Crippen LogP contribution in [-0.2, 0) is 17.6 Å². The minimum atomic E-state index is -0.0776. The molecule has 1 N–H and O–H groups in total. The van der Waals surface area contributed by atoms with E-state index in [4.69, 9.17) is 0 Å². The molecular weight excluding hydrogens is 290 g/mol. The van der Waals surface area contributed by atoms with Crippen molar-refractivity contribution in [1.29, 1.82) is 0 Å². The molecule has 0 bridgehead atoms. The van der Waals surface area contributed by atoms with E-state index in [0.29, 0.717) is 5.92 Å². The van der Waals surface area contributed by atoms with Gasteiger partial charge in [-0.1, -0.05) is 37.8 Å². The molecule has 0 radical (unpaired) electrons. The number of fused-ring (bicyclic) bond motifs is 1. The molecule has 1 aromatic carbocycles. The fourth-order valence-corrected chi connectivity index (χ4v) is 4.47. The van der Waals surface area contributed by atoms with Gasteiger partial charge in [0.25, 0.3) is 0 Å². The van der Waals surface area contributed by atoms with Gasteiger partial charge in [0, 0.05) is 16.8 Å². The maximum Gasteiger partial charge on any atom is 0.243 e. The van der Waals surface area contributed by atoms with Crippen molar-refractivity contribution in [2.75, 3.05) is 0 Å². The number of hydrogen-bond acceptors (Lipinski definition) is 2. The molecule has 2 aromatic rings. The maximum atomic E-state index is 11.7. The van der Waals surface area contributed by atoms with Gasteiger partial charge in [-0.2, -0.15) is 0 Å². The third-order valence-electron chi connectivity index (χ3n) is 4.43. The second-order valence-electron chi connectivity index (χ2n) is 5.76. The van der Waals surface area contributed by atoms with Crippen LogP contribution in [0.1, 0.15) is 40.8 Å². The Bertz CT molecular complexity index is 688. The van der Waals surface area contributed by atoms with Crippen LogP contribution < -0.4 is 5.32 Å². The number of carbonyl (C=O) groups excluding carboxylic acids is 1. The Balaban J connectivity index is 1.96. The SMILES string of the molecule is C=CC(=O)N[C@@H]1Cc2ccsc2[C@@H](c2ccccc2CC)C1.